The molecule has 2 atom stereocenters. The molecule has 5 heteroatoms. The molecule has 1 aliphatic heterocycles. The number of rotatable bonds is 3. The third-order valence-corrected chi connectivity index (χ3v) is 2.79. The standard InChI is InChI=1S/C12H24N2O3/c1-11(2,3)17-10(15)13-8-12(4)6-9(16-5)7-14-12/h9,14H,6-8H2,1-5H3,(H,13,15)/t9-,12+/m1/s1. The Bertz CT molecular complexity index is 275. The highest BCUT2D eigenvalue weighted by molar-refractivity contribution is 5.67. The highest BCUT2D eigenvalue weighted by atomic mass is 16.6. The van der Waals surface area contributed by atoms with Crippen molar-refractivity contribution in [2.24, 2.45) is 0 Å². The zero-order chi connectivity index (χ0) is 13.1. The van der Waals surface area contributed by atoms with E-state index in [1.165, 1.54) is 0 Å². The van der Waals surface area contributed by atoms with E-state index in [1.54, 1.807) is 7.11 Å². The Labute approximate surface area is 103 Å². The molecule has 0 aromatic heterocycles. The van der Waals surface area contributed by atoms with Gasteiger partial charge in [-0.25, -0.2) is 4.79 Å². The quantitative estimate of drug-likeness (QED) is 0.785. The first-order chi connectivity index (χ1) is 7.74. The van der Waals surface area contributed by atoms with Crippen molar-refractivity contribution in [3.63, 3.8) is 0 Å². The van der Waals surface area contributed by atoms with Crippen LogP contribution in [0.25, 0.3) is 0 Å². The van der Waals surface area contributed by atoms with E-state index in [0.717, 1.165) is 13.0 Å². The monoisotopic (exact) mass is 244 g/mol. The third kappa shape index (κ3) is 4.91. The lowest BCUT2D eigenvalue weighted by Gasteiger charge is -2.26. The van der Waals surface area contributed by atoms with Crippen molar-refractivity contribution >= 4 is 6.09 Å². The molecule has 0 spiro atoms. The summed E-state index contributed by atoms with van der Waals surface area (Å²) in [5, 5.41) is 6.14. The minimum absolute atomic E-state index is 0.114. The van der Waals surface area contributed by atoms with Crippen LogP contribution in [0.2, 0.25) is 0 Å². The molecule has 0 aromatic carbocycles. The van der Waals surface area contributed by atoms with Gasteiger partial charge in [-0.15, -0.1) is 0 Å². The minimum Gasteiger partial charge on any atom is -0.444 e. The van der Waals surface area contributed by atoms with Gasteiger partial charge in [-0.3, -0.25) is 0 Å². The lowest BCUT2D eigenvalue weighted by molar-refractivity contribution is 0.0510. The van der Waals surface area contributed by atoms with Crippen LogP contribution in [0.15, 0.2) is 0 Å². The molecule has 2 N–H and O–H groups in total. The molecule has 1 rings (SSSR count). The summed E-state index contributed by atoms with van der Waals surface area (Å²) in [5.41, 5.74) is -0.569. The topological polar surface area (TPSA) is 59.6 Å². The van der Waals surface area contributed by atoms with Gasteiger partial charge in [0.1, 0.15) is 5.60 Å². The molecular weight excluding hydrogens is 220 g/mol. The third-order valence-electron chi connectivity index (χ3n) is 2.79. The van der Waals surface area contributed by atoms with Gasteiger partial charge in [0.05, 0.1) is 6.10 Å². The van der Waals surface area contributed by atoms with Crippen molar-refractivity contribution < 1.29 is 14.3 Å². The molecule has 1 fully saturated rings. The fourth-order valence-corrected chi connectivity index (χ4v) is 1.89. The van der Waals surface area contributed by atoms with E-state index in [2.05, 4.69) is 17.6 Å². The van der Waals surface area contributed by atoms with Crippen LogP contribution < -0.4 is 10.6 Å². The molecule has 5 nitrogen and oxygen atoms in total. The van der Waals surface area contributed by atoms with Crippen molar-refractivity contribution in [3.8, 4) is 0 Å². The van der Waals surface area contributed by atoms with Crippen molar-refractivity contribution in [1.29, 1.82) is 0 Å². The van der Waals surface area contributed by atoms with E-state index >= 15 is 0 Å². The van der Waals surface area contributed by atoms with E-state index in [-0.39, 0.29) is 17.7 Å². The highest BCUT2D eigenvalue weighted by Crippen LogP contribution is 2.20. The first-order valence-corrected chi connectivity index (χ1v) is 5.99. The molecule has 17 heavy (non-hydrogen) atoms. The number of methoxy groups -OCH3 is 1. The van der Waals surface area contributed by atoms with Gasteiger partial charge in [0.25, 0.3) is 0 Å². The molecule has 0 bridgehead atoms. The maximum atomic E-state index is 11.5. The molecule has 1 saturated heterocycles. The van der Waals surface area contributed by atoms with Crippen LogP contribution in [0.5, 0.6) is 0 Å². The average molecular weight is 244 g/mol. The maximum Gasteiger partial charge on any atom is 0.407 e. The van der Waals surface area contributed by atoms with Crippen molar-refractivity contribution in [3.05, 3.63) is 0 Å². The molecule has 0 aliphatic carbocycles. The van der Waals surface area contributed by atoms with Gasteiger partial charge in [-0.05, 0) is 34.1 Å². The van der Waals surface area contributed by atoms with Crippen LogP contribution >= 0.6 is 0 Å². The number of ether oxygens (including phenoxy) is 2. The highest BCUT2D eigenvalue weighted by Gasteiger charge is 2.35. The molecular formula is C12H24N2O3. The largest absolute Gasteiger partial charge is 0.444 e. The zero-order valence-electron chi connectivity index (χ0n) is 11.4. The van der Waals surface area contributed by atoms with Gasteiger partial charge < -0.3 is 20.1 Å². The summed E-state index contributed by atoms with van der Waals surface area (Å²) in [6.45, 7) is 8.99. The summed E-state index contributed by atoms with van der Waals surface area (Å²) in [4.78, 5) is 11.5. The van der Waals surface area contributed by atoms with E-state index in [9.17, 15) is 4.79 Å². The molecule has 1 amide bonds. The van der Waals surface area contributed by atoms with Crippen LogP contribution in [0.3, 0.4) is 0 Å². The van der Waals surface area contributed by atoms with Gasteiger partial charge >= 0.3 is 6.09 Å². The first-order valence-electron chi connectivity index (χ1n) is 5.99. The maximum absolute atomic E-state index is 11.5. The summed E-state index contributed by atoms with van der Waals surface area (Å²) in [6, 6.07) is 0. The molecule has 0 aromatic rings. The van der Waals surface area contributed by atoms with Crippen LogP contribution in [-0.2, 0) is 9.47 Å². The number of hydrogen-bond acceptors (Lipinski definition) is 4. The van der Waals surface area contributed by atoms with E-state index in [0.29, 0.717) is 6.54 Å². The van der Waals surface area contributed by atoms with Crippen molar-refractivity contribution in [1.82, 2.24) is 10.6 Å². The Morgan fingerprint density at radius 3 is 2.65 bits per heavy atom. The van der Waals surface area contributed by atoms with Gasteiger partial charge in [-0.2, -0.15) is 0 Å². The smallest absolute Gasteiger partial charge is 0.407 e. The van der Waals surface area contributed by atoms with Crippen molar-refractivity contribution in [2.75, 3.05) is 20.2 Å². The molecule has 0 unspecified atom stereocenters. The van der Waals surface area contributed by atoms with Gasteiger partial charge in [0.2, 0.25) is 0 Å². The number of hydrogen-bond donors (Lipinski definition) is 2. The Kier molecular flexibility index (Phi) is 4.38. The average Bonchev–Trinajstić information content (AvgIpc) is 2.56. The Balaban J connectivity index is 2.33. The summed E-state index contributed by atoms with van der Waals surface area (Å²) in [6.07, 6.45) is 0.737. The summed E-state index contributed by atoms with van der Waals surface area (Å²) in [7, 11) is 1.71. The summed E-state index contributed by atoms with van der Waals surface area (Å²) >= 11 is 0. The molecule has 100 valence electrons. The Morgan fingerprint density at radius 1 is 1.53 bits per heavy atom. The normalized spacial score (nSPS) is 29.1. The fraction of sp³-hybridized carbons (Fsp3) is 0.917. The van der Waals surface area contributed by atoms with E-state index in [1.807, 2.05) is 20.8 Å². The molecule has 1 aliphatic rings. The second kappa shape index (κ2) is 5.23. The number of nitrogens with one attached hydrogen (secondary N) is 2. The predicted molar refractivity (Wildman–Crippen MR) is 66.1 cm³/mol. The Hall–Kier alpha value is -0.810. The fourth-order valence-electron chi connectivity index (χ4n) is 1.89. The number of carbonyl (C=O) groups excluding carboxylic acids is 1. The van der Waals surface area contributed by atoms with Crippen LogP contribution in [-0.4, -0.2) is 43.5 Å². The predicted octanol–water partition coefficient (Wildman–Crippen LogP) is 1.28. The number of alkyl carbamates (subject to hydrolysis) is 1. The van der Waals surface area contributed by atoms with Crippen LogP contribution in [0.4, 0.5) is 4.79 Å². The second-order valence-corrected chi connectivity index (χ2v) is 5.86. The number of carbonyl (C=O) groups is 1. The van der Waals surface area contributed by atoms with Gasteiger partial charge in [0, 0.05) is 25.7 Å². The van der Waals surface area contributed by atoms with E-state index < -0.39 is 5.60 Å². The number of amides is 1. The molecule has 0 saturated carbocycles. The van der Waals surface area contributed by atoms with Crippen molar-refractivity contribution in [2.45, 2.75) is 51.4 Å². The minimum atomic E-state index is -0.455. The SMILES string of the molecule is CO[C@H]1CN[C@](C)(CNC(=O)OC(C)(C)C)C1. The summed E-state index contributed by atoms with van der Waals surface area (Å²) < 4.78 is 10.5. The van der Waals surface area contributed by atoms with Gasteiger partial charge in [0.15, 0.2) is 0 Å². The van der Waals surface area contributed by atoms with Crippen LogP contribution in [0, 0.1) is 0 Å². The summed E-state index contributed by atoms with van der Waals surface area (Å²) in [5.74, 6) is 0. The lowest BCUT2D eigenvalue weighted by atomic mass is 9.99. The lowest BCUT2D eigenvalue weighted by Crippen LogP contribution is -2.48. The second-order valence-electron chi connectivity index (χ2n) is 5.86. The van der Waals surface area contributed by atoms with E-state index in [4.69, 9.17) is 9.47 Å². The molecule has 1 heterocycles. The molecule has 0 radical (unpaired) electrons. The van der Waals surface area contributed by atoms with Gasteiger partial charge in [-0.1, -0.05) is 0 Å². The zero-order valence-corrected chi connectivity index (χ0v) is 11.4. The first kappa shape index (κ1) is 14.3. The van der Waals surface area contributed by atoms with Crippen LogP contribution in [0.1, 0.15) is 34.1 Å². The Morgan fingerprint density at radius 2 is 2.18 bits per heavy atom.